The van der Waals surface area contributed by atoms with E-state index in [4.69, 9.17) is 23.2 Å². The van der Waals surface area contributed by atoms with Crippen LogP contribution in [0, 0.1) is 0 Å². The average molecular weight is 404 g/mol. The Morgan fingerprint density at radius 3 is 2.63 bits per heavy atom. The lowest BCUT2D eigenvalue weighted by Gasteiger charge is -2.09. The van der Waals surface area contributed by atoms with Gasteiger partial charge in [0.25, 0.3) is 5.56 Å². The first-order chi connectivity index (χ1) is 13.0. The number of nitrogens with one attached hydrogen (secondary N) is 1. The molecule has 0 aliphatic rings. The third-order valence-corrected chi connectivity index (χ3v) is 4.72. The topological polar surface area (TPSA) is 64.0 Å². The van der Waals surface area contributed by atoms with E-state index >= 15 is 0 Å². The number of aromatic nitrogens is 2. The van der Waals surface area contributed by atoms with Crippen molar-refractivity contribution in [3.63, 3.8) is 0 Å². The largest absolute Gasteiger partial charge is 0.325 e. The maximum atomic E-state index is 12.6. The van der Waals surface area contributed by atoms with E-state index in [2.05, 4.69) is 17.2 Å². The summed E-state index contributed by atoms with van der Waals surface area (Å²) in [5.41, 5.74) is 1.92. The second kappa shape index (κ2) is 8.55. The summed E-state index contributed by atoms with van der Waals surface area (Å²) < 4.78 is 1.24. The Bertz CT molecular complexity index is 1030. The molecule has 1 N–H and O–H groups in total. The number of aryl methyl sites for hydroxylation is 1. The lowest BCUT2D eigenvalue weighted by molar-refractivity contribution is -0.116. The predicted octanol–water partition coefficient (Wildman–Crippen LogP) is 4.68. The van der Waals surface area contributed by atoms with Crippen molar-refractivity contribution < 1.29 is 4.79 Å². The van der Waals surface area contributed by atoms with Crippen molar-refractivity contribution in [2.75, 3.05) is 5.32 Å². The van der Waals surface area contributed by atoms with Gasteiger partial charge in [0.15, 0.2) is 0 Å². The Kier molecular flexibility index (Phi) is 6.14. The van der Waals surface area contributed by atoms with Gasteiger partial charge in [-0.25, -0.2) is 4.98 Å². The van der Waals surface area contributed by atoms with Gasteiger partial charge in [-0.05, 0) is 42.7 Å². The van der Waals surface area contributed by atoms with E-state index < -0.39 is 0 Å². The Balaban J connectivity index is 1.74. The number of halogens is 2. The molecule has 3 aromatic rings. The maximum Gasteiger partial charge on any atom is 0.261 e. The fourth-order valence-corrected chi connectivity index (χ4v) is 3.34. The molecule has 0 fully saturated rings. The number of unbranched alkanes of at least 4 members (excludes halogenated alkanes) is 1. The molecule has 140 valence electrons. The standard InChI is InChI=1S/C20H19Cl2N3O2/c1-2-3-4-13-5-7-15(8-6-13)24-18(26)11-25-12-23-19-16(20(25)27)9-14(21)10-17(19)22/h5-10,12H,2-4,11H2,1H3,(H,24,26). The molecule has 0 aliphatic carbocycles. The Labute approximate surface area is 166 Å². The van der Waals surface area contributed by atoms with Crippen molar-refractivity contribution in [1.82, 2.24) is 9.55 Å². The molecule has 27 heavy (non-hydrogen) atoms. The molecule has 0 aliphatic heterocycles. The number of hydrogen-bond donors (Lipinski definition) is 1. The monoisotopic (exact) mass is 403 g/mol. The fraction of sp³-hybridized carbons (Fsp3) is 0.250. The quantitative estimate of drug-likeness (QED) is 0.649. The molecule has 7 heteroatoms. The van der Waals surface area contributed by atoms with Crippen LogP contribution < -0.4 is 10.9 Å². The molecule has 0 atom stereocenters. The van der Waals surface area contributed by atoms with E-state index in [1.54, 1.807) is 0 Å². The van der Waals surface area contributed by atoms with Crippen molar-refractivity contribution in [2.45, 2.75) is 32.7 Å². The lowest BCUT2D eigenvalue weighted by Crippen LogP contribution is -2.28. The van der Waals surface area contributed by atoms with Crippen LogP contribution in [-0.2, 0) is 17.8 Å². The zero-order chi connectivity index (χ0) is 19.4. The van der Waals surface area contributed by atoms with Crippen molar-refractivity contribution in [3.05, 3.63) is 68.7 Å². The van der Waals surface area contributed by atoms with Gasteiger partial charge in [0.1, 0.15) is 6.54 Å². The van der Waals surface area contributed by atoms with Gasteiger partial charge in [-0.15, -0.1) is 0 Å². The number of carbonyl (C=O) groups excluding carboxylic acids is 1. The minimum Gasteiger partial charge on any atom is -0.325 e. The molecule has 1 amide bonds. The van der Waals surface area contributed by atoms with Gasteiger partial charge in [-0.2, -0.15) is 0 Å². The lowest BCUT2D eigenvalue weighted by atomic mass is 10.1. The van der Waals surface area contributed by atoms with Crippen LogP contribution in [0.3, 0.4) is 0 Å². The first-order valence-corrected chi connectivity index (χ1v) is 9.46. The van der Waals surface area contributed by atoms with Crippen LogP contribution in [0.5, 0.6) is 0 Å². The van der Waals surface area contributed by atoms with Crippen molar-refractivity contribution >= 4 is 45.7 Å². The van der Waals surface area contributed by atoms with Crippen LogP contribution in [0.15, 0.2) is 47.5 Å². The highest BCUT2D eigenvalue weighted by Gasteiger charge is 2.11. The summed E-state index contributed by atoms with van der Waals surface area (Å²) in [5.74, 6) is -0.312. The van der Waals surface area contributed by atoms with Gasteiger partial charge >= 0.3 is 0 Å². The molecular weight excluding hydrogens is 385 g/mol. The summed E-state index contributed by atoms with van der Waals surface area (Å²) in [4.78, 5) is 29.1. The summed E-state index contributed by atoms with van der Waals surface area (Å²) in [6.07, 6.45) is 4.62. The molecule has 0 radical (unpaired) electrons. The third kappa shape index (κ3) is 4.67. The summed E-state index contributed by atoms with van der Waals surface area (Å²) in [6, 6.07) is 10.8. The number of benzene rings is 2. The highest BCUT2D eigenvalue weighted by Crippen LogP contribution is 2.24. The average Bonchev–Trinajstić information content (AvgIpc) is 2.64. The highest BCUT2D eigenvalue weighted by atomic mass is 35.5. The molecule has 3 rings (SSSR count). The van der Waals surface area contributed by atoms with E-state index in [1.165, 1.54) is 28.6 Å². The molecule has 0 unspecified atom stereocenters. The normalized spacial score (nSPS) is 10.9. The van der Waals surface area contributed by atoms with Crippen LogP contribution >= 0.6 is 23.2 Å². The summed E-state index contributed by atoms with van der Waals surface area (Å²) in [7, 11) is 0. The third-order valence-electron chi connectivity index (χ3n) is 4.22. The minimum absolute atomic E-state index is 0.149. The number of carbonyl (C=O) groups is 1. The summed E-state index contributed by atoms with van der Waals surface area (Å²) in [5, 5.41) is 3.72. The van der Waals surface area contributed by atoms with E-state index in [-0.39, 0.29) is 23.4 Å². The van der Waals surface area contributed by atoms with E-state index in [0.717, 1.165) is 19.3 Å². The summed E-state index contributed by atoms with van der Waals surface area (Å²) >= 11 is 12.0. The first-order valence-electron chi connectivity index (χ1n) is 8.71. The number of nitrogens with zero attached hydrogens (tertiary/aromatic N) is 2. The molecule has 1 aromatic heterocycles. The van der Waals surface area contributed by atoms with Gasteiger partial charge < -0.3 is 5.32 Å². The Morgan fingerprint density at radius 1 is 1.19 bits per heavy atom. The van der Waals surface area contributed by atoms with Crippen LogP contribution in [-0.4, -0.2) is 15.5 Å². The van der Waals surface area contributed by atoms with Crippen molar-refractivity contribution in [2.24, 2.45) is 0 Å². The molecule has 2 aromatic carbocycles. The second-order valence-electron chi connectivity index (χ2n) is 6.31. The number of rotatable bonds is 6. The van der Waals surface area contributed by atoms with E-state index in [1.807, 2.05) is 24.3 Å². The van der Waals surface area contributed by atoms with Gasteiger partial charge in [0, 0.05) is 10.7 Å². The van der Waals surface area contributed by atoms with E-state index in [9.17, 15) is 9.59 Å². The van der Waals surface area contributed by atoms with Crippen molar-refractivity contribution in [3.8, 4) is 0 Å². The number of anilines is 1. The Hall–Kier alpha value is -2.37. The molecule has 0 spiro atoms. The molecular formula is C20H19Cl2N3O2. The fourth-order valence-electron chi connectivity index (χ4n) is 2.80. The first kappa shape index (κ1) is 19.4. The molecule has 0 saturated heterocycles. The number of hydrogen-bond acceptors (Lipinski definition) is 3. The van der Waals surface area contributed by atoms with Gasteiger partial charge in [-0.3, -0.25) is 14.2 Å². The van der Waals surface area contributed by atoms with Crippen LogP contribution in [0.25, 0.3) is 10.9 Å². The summed E-state index contributed by atoms with van der Waals surface area (Å²) in [6.45, 7) is 2.00. The maximum absolute atomic E-state index is 12.6. The SMILES string of the molecule is CCCCc1ccc(NC(=O)Cn2cnc3c(Cl)cc(Cl)cc3c2=O)cc1. The second-order valence-corrected chi connectivity index (χ2v) is 7.15. The van der Waals surface area contributed by atoms with Gasteiger partial charge in [-0.1, -0.05) is 48.7 Å². The zero-order valence-electron chi connectivity index (χ0n) is 14.8. The van der Waals surface area contributed by atoms with Crippen LogP contribution in [0.1, 0.15) is 25.3 Å². The molecule has 0 bridgehead atoms. The van der Waals surface area contributed by atoms with Gasteiger partial charge in [0.05, 0.1) is 22.3 Å². The molecule has 1 heterocycles. The zero-order valence-corrected chi connectivity index (χ0v) is 16.3. The number of amides is 1. The molecule has 5 nitrogen and oxygen atoms in total. The highest BCUT2D eigenvalue weighted by molar-refractivity contribution is 6.38. The van der Waals surface area contributed by atoms with Crippen LogP contribution in [0.2, 0.25) is 10.0 Å². The predicted molar refractivity (Wildman–Crippen MR) is 110 cm³/mol. The van der Waals surface area contributed by atoms with E-state index in [0.29, 0.717) is 21.2 Å². The Morgan fingerprint density at radius 2 is 1.93 bits per heavy atom. The van der Waals surface area contributed by atoms with Crippen molar-refractivity contribution in [1.29, 1.82) is 0 Å². The smallest absolute Gasteiger partial charge is 0.261 e. The minimum atomic E-state index is -0.366. The molecule has 0 saturated carbocycles. The van der Waals surface area contributed by atoms with Gasteiger partial charge in [0.2, 0.25) is 5.91 Å². The van der Waals surface area contributed by atoms with Crippen LogP contribution in [0.4, 0.5) is 5.69 Å². The number of fused-ring (bicyclic) bond motifs is 1.